The number of nitrogens with one attached hydrogen (secondary N) is 2. The third-order valence-electron chi connectivity index (χ3n) is 4.98. The standard InChI is InChI=1S/C21H23ClN6/c1-13-8-17-15(3)25-21(26-19(17)9-14(13)2)27-20-23-11-28(12-24-20)10-16-6-4-5-7-18(16)22/h4-9H,10-12H2,1-3H3,(H2,23,24,25,26,27). The van der Waals surface area contributed by atoms with E-state index in [1.54, 1.807) is 0 Å². The molecule has 28 heavy (non-hydrogen) atoms. The van der Waals surface area contributed by atoms with Crippen molar-refractivity contribution in [2.75, 3.05) is 18.7 Å². The van der Waals surface area contributed by atoms with E-state index >= 15 is 0 Å². The summed E-state index contributed by atoms with van der Waals surface area (Å²) in [6.07, 6.45) is 0. The van der Waals surface area contributed by atoms with Crippen molar-refractivity contribution in [2.45, 2.75) is 27.3 Å². The van der Waals surface area contributed by atoms with Crippen LogP contribution in [0.5, 0.6) is 0 Å². The van der Waals surface area contributed by atoms with Crippen LogP contribution in [0.25, 0.3) is 10.9 Å². The lowest BCUT2D eigenvalue weighted by atomic mass is 10.1. The van der Waals surface area contributed by atoms with Crippen LogP contribution in [-0.2, 0) is 6.54 Å². The third-order valence-corrected chi connectivity index (χ3v) is 5.35. The SMILES string of the molecule is Cc1cc2nc(NC3=NCN(Cc4ccccc4Cl)CN3)nc(C)c2cc1C. The molecule has 0 saturated carbocycles. The number of aliphatic imine (C=N–C) groups is 1. The lowest BCUT2D eigenvalue weighted by Crippen LogP contribution is -2.45. The highest BCUT2D eigenvalue weighted by atomic mass is 35.5. The van der Waals surface area contributed by atoms with E-state index in [9.17, 15) is 0 Å². The largest absolute Gasteiger partial charge is 0.343 e. The smallest absolute Gasteiger partial charge is 0.230 e. The third kappa shape index (κ3) is 3.93. The van der Waals surface area contributed by atoms with Crippen LogP contribution in [0.15, 0.2) is 41.4 Å². The monoisotopic (exact) mass is 394 g/mol. The fourth-order valence-electron chi connectivity index (χ4n) is 3.22. The minimum atomic E-state index is 0.555. The lowest BCUT2D eigenvalue weighted by molar-refractivity contribution is 0.257. The molecule has 3 aromatic rings. The molecule has 0 saturated heterocycles. The molecular weight excluding hydrogens is 372 g/mol. The van der Waals surface area contributed by atoms with Gasteiger partial charge in [0, 0.05) is 17.0 Å². The highest BCUT2D eigenvalue weighted by Gasteiger charge is 2.15. The molecule has 7 heteroatoms. The van der Waals surface area contributed by atoms with Gasteiger partial charge in [0.1, 0.15) is 0 Å². The summed E-state index contributed by atoms with van der Waals surface area (Å²) in [5.41, 5.74) is 5.45. The normalized spacial score (nSPS) is 14.6. The summed E-state index contributed by atoms with van der Waals surface area (Å²) in [5, 5.41) is 8.36. The van der Waals surface area contributed by atoms with Gasteiger partial charge in [0.2, 0.25) is 11.9 Å². The molecule has 0 amide bonds. The molecule has 0 bridgehead atoms. The predicted octanol–water partition coefficient (Wildman–Crippen LogP) is 4.00. The van der Waals surface area contributed by atoms with Crippen LogP contribution in [0.3, 0.4) is 0 Å². The summed E-state index contributed by atoms with van der Waals surface area (Å²) in [4.78, 5) is 16.0. The minimum absolute atomic E-state index is 0.555. The molecule has 0 unspecified atom stereocenters. The Bertz CT molecular complexity index is 1060. The van der Waals surface area contributed by atoms with Crippen LogP contribution in [0.4, 0.5) is 5.95 Å². The van der Waals surface area contributed by atoms with Crippen molar-refractivity contribution in [3.05, 3.63) is 63.8 Å². The Morgan fingerprint density at radius 1 is 1.11 bits per heavy atom. The number of nitrogens with zero attached hydrogens (tertiary/aromatic N) is 4. The van der Waals surface area contributed by atoms with Gasteiger partial charge in [0.05, 0.1) is 24.5 Å². The molecule has 0 aliphatic carbocycles. The molecule has 2 aromatic carbocycles. The van der Waals surface area contributed by atoms with Gasteiger partial charge in [-0.2, -0.15) is 0 Å². The van der Waals surface area contributed by atoms with Crippen LogP contribution in [-0.4, -0.2) is 34.2 Å². The molecular formula is C21H23ClN6. The number of aryl methyl sites for hydroxylation is 3. The highest BCUT2D eigenvalue weighted by Crippen LogP contribution is 2.21. The Morgan fingerprint density at radius 2 is 1.89 bits per heavy atom. The second-order valence-corrected chi connectivity index (χ2v) is 7.52. The topological polar surface area (TPSA) is 65.4 Å². The Morgan fingerprint density at radius 3 is 2.64 bits per heavy atom. The molecule has 1 aliphatic heterocycles. The van der Waals surface area contributed by atoms with Gasteiger partial charge < -0.3 is 5.32 Å². The van der Waals surface area contributed by atoms with E-state index in [2.05, 4.69) is 56.5 Å². The Balaban J connectivity index is 1.47. The van der Waals surface area contributed by atoms with Crippen LogP contribution < -0.4 is 10.6 Å². The van der Waals surface area contributed by atoms with Gasteiger partial charge in [-0.05, 0) is 55.7 Å². The summed E-state index contributed by atoms with van der Waals surface area (Å²) >= 11 is 6.25. The molecule has 0 fully saturated rings. The molecule has 144 valence electrons. The van der Waals surface area contributed by atoms with Crippen LogP contribution in [0, 0.1) is 20.8 Å². The Hall–Kier alpha value is -2.70. The van der Waals surface area contributed by atoms with Crippen molar-refractivity contribution >= 4 is 34.4 Å². The number of halogens is 1. The summed E-state index contributed by atoms with van der Waals surface area (Å²) in [5.74, 6) is 1.23. The van der Waals surface area contributed by atoms with Crippen molar-refractivity contribution < 1.29 is 0 Å². The quantitative estimate of drug-likeness (QED) is 0.703. The molecule has 0 spiro atoms. The lowest BCUT2D eigenvalue weighted by Gasteiger charge is -2.27. The van der Waals surface area contributed by atoms with Crippen molar-refractivity contribution in [1.82, 2.24) is 20.2 Å². The number of rotatable bonds is 3. The number of fused-ring (bicyclic) bond motifs is 1. The van der Waals surface area contributed by atoms with Gasteiger partial charge in [0.15, 0.2) is 0 Å². The van der Waals surface area contributed by atoms with Crippen molar-refractivity contribution in [1.29, 1.82) is 0 Å². The molecule has 2 heterocycles. The van der Waals surface area contributed by atoms with Crippen molar-refractivity contribution in [3.63, 3.8) is 0 Å². The fraction of sp³-hybridized carbons (Fsp3) is 0.286. The van der Waals surface area contributed by atoms with Gasteiger partial charge in [0.25, 0.3) is 0 Å². The second kappa shape index (κ2) is 7.73. The first kappa shape index (κ1) is 18.7. The van der Waals surface area contributed by atoms with Crippen molar-refractivity contribution in [2.24, 2.45) is 4.99 Å². The maximum atomic E-state index is 6.25. The maximum Gasteiger partial charge on any atom is 0.230 e. The van der Waals surface area contributed by atoms with Gasteiger partial charge in [-0.25, -0.2) is 15.0 Å². The number of hydrogen-bond acceptors (Lipinski definition) is 6. The molecule has 6 nitrogen and oxygen atoms in total. The van der Waals surface area contributed by atoms with Crippen LogP contribution in [0.1, 0.15) is 22.4 Å². The van der Waals surface area contributed by atoms with E-state index in [1.165, 1.54) is 11.1 Å². The molecule has 0 atom stereocenters. The Labute approximate surface area is 169 Å². The van der Waals surface area contributed by atoms with Gasteiger partial charge in [-0.3, -0.25) is 10.2 Å². The summed E-state index contributed by atoms with van der Waals surface area (Å²) in [6, 6.07) is 12.1. The summed E-state index contributed by atoms with van der Waals surface area (Å²) in [6.45, 7) is 8.20. The first-order valence-electron chi connectivity index (χ1n) is 9.26. The van der Waals surface area contributed by atoms with E-state index in [1.807, 2.05) is 31.2 Å². The predicted molar refractivity (Wildman–Crippen MR) is 115 cm³/mol. The maximum absolute atomic E-state index is 6.25. The summed E-state index contributed by atoms with van der Waals surface area (Å²) < 4.78 is 0. The van der Waals surface area contributed by atoms with Crippen LogP contribution in [0.2, 0.25) is 5.02 Å². The Kier molecular flexibility index (Phi) is 5.15. The number of aromatic nitrogens is 2. The van der Waals surface area contributed by atoms with Gasteiger partial charge >= 0.3 is 0 Å². The highest BCUT2D eigenvalue weighted by molar-refractivity contribution is 6.31. The minimum Gasteiger partial charge on any atom is -0.343 e. The average molecular weight is 395 g/mol. The first-order chi connectivity index (χ1) is 13.5. The van der Waals surface area contributed by atoms with E-state index in [0.29, 0.717) is 25.2 Å². The van der Waals surface area contributed by atoms with E-state index in [-0.39, 0.29) is 0 Å². The zero-order valence-corrected chi connectivity index (χ0v) is 17.0. The molecule has 0 radical (unpaired) electrons. The van der Waals surface area contributed by atoms with E-state index in [4.69, 9.17) is 11.6 Å². The number of hydrogen-bond donors (Lipinski definition) is 2. The molecule has 1 aliphatic rings. The number of benzene rings is 2. The zero-order valence-electron chi connectivity index (χ0n) is 16.3. The summed E-state index contributed by atoms with van der Waals surface area (Å²) in [7, 11) is 0. The zero-order chi connectivity index (χ0) is 19.7. The first-order valence-corrected chi connectivity index (χ1v) is 9.64. The molecule has 2 N–H and O–H groups in total. The van der Waals surface area contributed by atoms with Crippen LogP contribution >= 0.6 is 11.6 Å². The average Bonchev–Trinajstić information content (AvgIpc) is 2.67. The number of guanidine groups is 1. The van der Waals surface area contributed by atoms with E-state index < -0.39 is 0 Å². The van der Waals surface area contributed by atoms with E-state index in [0.717, 1.165) is 33.7 Å². The second-order valence-electron chi connectivity index (χ2n) is 7.11. The number of anilines is 1. The van der Waals surface area contributed by atoms with Gasteiger partial charge in [-0.1, -0.05) is 29.8 Å². The molecule has 4 rings (SSSR count). The fourth-order valence-corrected chi connectivity index (χ4v) is 3.42. The molecule has 1 aromatic heterocycles. The van der Waals surface area contributed by atoms with Gasteiger partial charge in [-0.15, -0.1) is 0 Å². The van der Waals surface area contributed by atoms with Crippen molar-refractivity contribution in [3.8, 4) is 0 Å².